The van der Waals surface area contributed by atoms with Crippen molar-refractivity contribution in [2.75, 3.05) is 6.54 Å². The minimum Gasteiger partial charge on any atom is -0.313 e. The van der Waals surface area contributed by atoms with Crippen LogP contribution in [0.25, 0.3) is 11.1 Å². The summed E-state index contributed by atoms with van der Waals surface area (Å²) in [6, 6.07) is 6.67. The molecular weight excluding hydrogens is 234 g/mol. The highest BCUT2D eigenvalue weighted by Gasteiger charge is 2.14. The third kappa shape index (κ3) is 2.71. The Labute approximate surface area is 115 Å². The quantitative estimate of drug-likeness (QED) is 0.912. The Morgan fingerprint density at radius 1 is 1.21 bits per heavy atom. The number of nitrogens with one attached hydrogen (secondary N) is 1. The van der Waals surface area contributed by atoms with E-state index in [9.17, 15) is 0 Å². The van der Waals surface area contributed by atoms with Crippen LogP contribution in [0.2, 0.25) is 0 Å². The molecule has 0 amide bonds. The second-order valence-corrected chi connectivity index (χ2v) is 5.11. The average Bonchev–Trinajstić information content (AvgIpc) is 2.62. The van der Waals surface area contributed by atoms with Crippen molar-refractivity contribution >= 4 is 0 Å². The van der Waals surface area contributed by atoms with E-state index in [2.05, 4.69) is 56.3 Å². The van der Waals surface area contributed by atoms with E-state index in [1.54, 1.807) is 0 Å². The van der Waals surface area contributed by atoms with Crippen molar-refractivity contribution < 1.29 is 0 Å². The summed E-state index contributed by atoms with van der Waals surface area (Å²) >= 11 is 0. The van der Waals surface area contributed by atoms with Gasteiger partial charge in [0, 0.05) is 24.8 Å². The highest BCUT2D eigenvalue weighted by atomic mass is 15.3. The highest BCUT2D eigenvalue weighted by molar-refractivity contribution is 5.72. The molecule has 0 saturated carbocycles. The molecule has 0 saturated heterocycles. The maximum absolute atomic E-state index is 4.53. The first-order valence-corrected chi connectivity index (χ1v) is 6.85. The molecule has 0 atom stereocenters. The van der Waals surface area contributed by atoms with Crippen LogP contribution in [-0.4, -0.2) is 16.3 Å². The van der Waals surface area contributed by atoms with Crippen LogP contribution >= 0.6 is 0 Å². The molecule has 0 aliphatic heterocycles. The summed E-state index contributed by atoms with van der Waals surface area (Å²) in [7, 11) is 2.01. The zero-order valence-electron chi connectivity index (χ0n) is 12.5. The molecule has 0 aliphatic carbocycles. The Morgan fingerprint density at radius 3 is 2.53 bits per heavy atom. The molecule has 1 N–H and O–H groups in total. The molecule has 0 aliphatic rings. The van der Waals surface area contributed by atoms with E-state index in [1.165, 1.54) is 27.9 Å². The van der Waals surface area contributed by atoms with Crippen LogP contribution in [0.5, 0.6) is 0 Å². The van der Waals surface area contributed by atoms with Crippen LogP contribution in [0.1, 0.15) is 29.4 Å². The predicted octanol–water partition coefficient (Wildman–Crippen LogP) is 3.12. The first-order valence-electron chi connectivity index (χ1n) is 6.85. The number of hydrogen-bond donors (Lipinski definition) is 1. The highest BCUT2D eigenvalue weighted by Crippen LogP contribution is 2.30. The molecule has 102 valence electrons. The molecule has 1 heterocycles. The molecule has 3 heteroatoms. The molecule has 2 rings (SSSR count). The van der Waals surface area contributed by atoms with E-state index in [0.717, 1.165) is 18.8 Å². The Kier molecular flexibility index (Phi) is 4.05. The molecule has 0 unspecified atom stereocenters. The first-order chi connectivity index (χ1) is 9.04. The Balaban J connectivity index is 2.56. The largest absolute Gasteiger partial charge is 0.313 e. The summed E-state index contributed by atoms with van der Waals surface area (Å²) in [4.78, 5) is 0. The number of aromatic nitrogens is 2. The number of rotatable bonds is 4. The monoisotopic (exact) mass is 257 g/mol. The van der Waals surface area contributed by atoms with Crippen molar-refractivity contribution in [2.24, 2.45) is 7.05 Å². The van der Waals surface area contributed by atoms with Gasteiger partial charge in [-0.05, 0) is 38.4 Å². The fourth-order valence-electron chi connectivity index (χ4n) is 2.50. The topological polar surface area (TPSA) is 29.9 Å². The van der Waals surface area contributed by atoms with Gasteiger partial charge in [0.2, 0.25) is 0 Å². The number of benzene rings is 1. The third-order valence-corrected chi connectivity index (χ3v) is 3.61. The molecule has 3 nitrogen and oxygen atoms in total. The fourth-order valence-corrected chi connectivity index (χ4v) is 2.50. The van der Waals surface area contributed by atoms with Crippen molar-refractivity contribution in [3.63, 3.8) is 0 Å². The summed E-state index contributed by atoms with van der Waals surface area (Å²) in [6.07, 6.45) is 0. The lowest BCUT2D eigenvalue weighted by atomic mass is 9.96. The van der Waals surface area contributed by atoms with Gasteiger partial charge in [0.1, 0.15) is 0 Å². The summed E-state index contributed by atoms with van der Waals surface area (Å²) in [5, 5.41) is 7.95. The van der Waals surface area contributed by atoms with Gasteiger partial charge < -0.3 is 5.32 Å². The molecule has 0 radical (unpaired) electrons. The lowest BCUT2D eigenvalue weighted by molar-refractivity contribution is 0.727. The van der Waals surface area contributed by atoms with Gasteiger partial charge in [-0.25, -0.2) is 0 Å². The van der Waals surface area contributed by atoms with Crippen LogP contribution in [0.3, 0.4) is 0 Å². The SMILES string of the molecule is CCNCc1ccc(C)cc1-c1c(C)nn(C)c1C. The maximum atomic E-state index is 4.53. The molecular formula is C16H23N3. The zero-order valence-corrected chi connectivity index (χ0v) is 12.5. The minimum atomic E-state index is 0.903. The maximum Gasteiger partial charge on any atom is 0.0674 e. The first kappa shape index (κ1) is 13.8. The molecule has 1 aromatic heterocycles. The van der Waals surface area contributed by atoms with Gasteiger partial charge in [0.15, 0.2) is 0 Å². The number of aryl methyl sites for hydroxylation is 3. The van der Waals surface area contributed by atoms with Crippen LogP contribution in [0, 0.1) is 20.8 Å². The van der Waals surface area contributed by atoms with Crippen LogP contribution < -0.4 is 5.32 Å². The third-order valence-electron chi connectivity index (χ3n) is 3.61. The van der Waals surface area contributed by atoms with E-state index in [0.29, 0.717) is 0 Å². The molecule has 0 bridgehead atoms. The second-order valence-electron chi connectivity index (χ2n) is 5.11. The second kappa shape index (κ2) is 5.57. The average molecular weight is 257 g/mol. The van der Waals surface area contributed by atoms with Crippen LogP contribution in [-0.2, 0) is 13.6 Å². The van der Waals surface area contributed by atoms with Gasteiger partial charge in [-0.2, -0.15) is 5.10 Å². The summed E-state index contributed by atoms with van der Waals surface area (Å²) in [5.41, 5.74) is 7.54. The number of nitrogens with zero attached hydrogens (tertiary/aromatic N) is 2. The van der Waals surface area contributed by atoms with E-state index in [-0.39, 0.29) is 0 Å². The molecule has 19 heavy (non-hydrogen) atoms. The smallest absolute Gasteiger partial charge is 0.0674 e. The lowest BCUT2D eigenvalue weighted by Crippen LogP contribution is -2.12. The number of hydrogen-bond acceptors (Lipinski definition) is 2. The van der Waals surface area contributed by atoms with Gasteiger partial charge in [-0.15, -0.1) is 0 Å². The van der Waals surface area contributed by atoms with Crippen LogP contribution in [0.4, 0.5) is 0 Å². The minimum absolute atomic E-state index is 0.903. The zero-order chi connectivity index (χ0) is 14.0. The van der Waals surface area contributed by atoms with Crippen molar-refractivity contribution in [3.05, 3.63) is 40.7 Å². The van der Waals surface area contributed by atoms with Crippen molar-refractivity contribution in [2.45, 2.75) is 34.2 Å². The Hall–Kier alpha value is -1.61. The van der Waals surface area contributed by atoms with Gasteiger partial charge in [-0.3, -0.25) is 4.68 Å². The molecule has 1 aromatic carbocycles. The molecule has 0 spiro atoms. The summed E-state index contributed by atoms with van der Waals surface area (Å²) < 4.78 is 1.96. The predicted molar refractivity (Wildman–Crippen MR) is 80.2 cm³/mol. The van der Waals surface area contributed by atoms with E-state index in [4.69, 9.17) is 0 Å². The molecule has 2 aromatic rings. The van der Waals surface area contributed by atoms with Gasteiger partial charge >= 0.3 is 0 Å². The van der Waals surface area contributed by atoms with Crippen molar-refractivity contribution in [3.8, 4) is 11.1 Å². The summed E-state index contributed by atoms with van der Waals surface area (Å²) in [6.45, 7) is 10.4. The Morgan fingerprint density at radius 2 is 1.95 bits per heavy atom. The van der Waals surface area contributed by atoms with Gasteiger partial charge in [0.25, 0.3) is 0 Å². The van der Waals surface area contributed by atoms with E-state index < -0.39 is 0 Å². The summed E-state index contributed by atoms with van der Waals surface area (Å²) in [5.74, 6) is 0. The van der Waals surface area contributed by atoms with E-state index >= 15 is 0 Å². The molecule has 0 fully saturated rings. The van der Waals surface area contributed by atoms with Crippen molar-refractivity contribution in [1.29, 1.82) is 0 Å². The van der Waals surface area contributed by atoms with Crippen molar-refractivity contribution in [1.82, 2.24) is 15.1 Å². The normalized spacial score (nSPS) is 11.0. The van der Waals surface area contributed by atoms with Gasteiger partial charge in [-0.1, -0.05) is 30.7 Å². The Bertz CT molecular complexity index is 582. The van der Waals surface area contributed by atoms with E-state index in [1.807, 2.05) is 11.7 Å². The van der Waals surface area contributed by atoms with Crippen LogP contribution in [0.15, 0.2) is 18.2 Å². The lowest BCUT2D eigenvalue weighted by Gasteiger charge is -2.12. The fraction of sp³-hybridized carbons (Fsp3) is 0.438. The van der Waals surface area contributed by atoms with Gasteiger partial charge in [0.05, 0.1) is 5.69 Å². The standard InChI is InChI=1S/C16H23N3/c1-6-17-10-14-8-7-11(2)9-15(14)16-12(3)18-19(5)13(16)4/h7-9,17H,6,10H2,1-5H3.